The Morgan fingerprint density at radius 3 is 2.78 bits per heavy atom. The number of piperidine rings is 1. The van der Waals surface area contributed by atoms with Gasteiger partial charge in [0, 0.05) is 56.7 Å². The number of urea groups is 1. The van der Waals surface area contributed by atoms with Crippen molar-refractivity contribution in [2.45, 2.75) is 19.3 Å². The van der Waals surface area contributed by atoms with Gasteiger partial charge in [0.25, 0.3) is 0 Å². The van der Waals surface area contributed by atoms with Gasteiger partial charge >= 0.3 is 6.03 Å². The molecule has 5 rings (SSSR count). The van der Waals surface area contributed by atoms with Crippen molar-refractivity contribution in [2.75, 3.05) is 49.5 Å². The number of rotatable bonds is 7. The summed E-state index contributed by atoms with van der Waals surface area (Å²) in [6.07, 6.45) is 5.76. The van der Waals surface area contributed by atoms with E-state index < -0.39 is 0 Å². The molecule has 0 radical (unpaired) electrons. The lowest BCUT2D eigenvalue weighted by atomic mass is 10.0. The van der Waals surface area contributed by atoms with Crippen LogP contribution in [0.4, 0.5) is 16.4 Å². The second-order valence-electron chi connectivity index (χ2n) is 8.18. The van der Waals surface area contributed by atoms with Crippen LogP contribution in [-0.4, -0.2) is 60.2 Å². The number of anilines is 2. The fourth-order valence-corrected chi connectivity index (χ4v) is 5.06. The highest BCUT2D eigenvalue weighted by Gasteiger charge is 2.19. The van der Waals surface area contributed by atoms with Gasteiger partial charge in [-0.25, -0.2) is 14.8 Å². The third-order valence-electron chi connectivity index (χ3n) is 6.03. The maximum absolute atomic E-state index is 11.7. The number of hydrogen-bond acceptors (Lipinski definition) is 6. The molecule has 2 fully saturated rings. The van der Waals surface area contributed by atoms with Gasteiger partial charge in [-0.2, -0.15) is 0 Å². The summed E-state index contributed by atoms with van der Waals surface area (Å²) in [7, 11) is 0. The van der Waals surface area contributed by atoms with Gasteiger partial charge in [0.1, 0.15) is 0 Å². The van der Waals surface area contributed by atoms with E-state index in [1.165, 1.54) is 24.9 Å². The Kier molecular flexibility index (Phi) is 6.20. The number of nitrogens with one attached hydrogen (secondary N) is 2. The zero-order valence-corrected chi connectivity index (χ0v) is 18.9. The van der Waals surface area contributed by atoms with Crippen molar-refractivity contribution < 1.29 is 4.79 Å². The molecule has 2 aliphatic heterocycles. The number of amides is 2. The first-order valence-corrected chi connectivity index (χ1v) is 12.2. The predicted molar refractivity (Wildman–Crippen MR) is 130 cm³/mol. The minimum atomic E-state index is -0.00377. The lowest BCUT2D eigenvalue weighted by Gasteiger charge is -2.29. The van der Waals surface area contributed by atoms with Crippen molar-refractivity contribution in [2.24, 2.45) is 0 Å². The summed E-state index contributed by atoms with van der Waals surface area (Å²) in [4.78, 5) is 26.6. The Bertz CT molecular complexity index is 1060. The second-order valence-corrected chi connectivity index (χ2v) is 9.12. The molecule has 0 aliphatic carbocycles. The fourth-order valence-electron chi connectivity index (χ4n) is 4.33. The van der Waals surface area contributed by atoms with Crippen molar-refractivity contribution in [3.05, 3.63) is 48.0 Å². The quantitative estimate of drug-likeness (QED) is 0.564. The Morgan fingerprint density at radius 2 is 2.00 bits per heavy atom. The van der Waals surface area contributed by atoms with E-state index in [2.05, 4.69) is 62.3 Å². The Labute approximate surface area is 192 Å². The molecule has 2 saturated heterocycles. The third kappa shape index (κ3) is 4.55. The molecule has 0 atom stereocenters. The van der Waals surface area contributed by atoms with Gasteiger partial charge in [-0.1, -0.05) is 18.2 Å². The molecular formula is C24H28N6OS. The molecule has 0 unspecified atom stereocenters. The number of benzene rings is 1. The molecule has 4 heterocycles. The third-order valence-corrected chi connectivity index (χ3v) is 6.91. The Balaban J connectivity index is 1.39. The molecule has 2 N–H and O–H groups in total. The number of carbonyl (C=O) groups excluding carboxylic acids is 1. The number of hydrogen-bond donors (Lipinski definition) is 2. The van der Waals surface area contributed by atoms with Crippen molar-refractivity contribution >= 4 is 29.0 Å². The van der Waals surface area contributed by atoms with Crippen LogP contribution in [0.3, 0.4) is 0 Å². The average molecular weight is 449 g/mol. The van der Waals surface area contributed by atoms with Crippen molar-refractivity contribution in [1.29, 1.82) is 0 Å². The van der Waals surface area contributed by atoms with Gasteiger partial charge in [0.15, 0.2) is 0 Å². The van der Waals surface area contributed by atoms with Gasteiger partial charge in [-0.15, -0.1) is 11.3 Å². The number of thiophene rings is 1. The zero-order chi connectivity index (χ0) is 21.8. The normalized spacial score (nSPS) is 16.3. The highest BCUT2D eigenvalue weighted by atomic mass is 32.1. The van der Waals surface area contributed by atoms with Crippen LogP contribution in [0.1, 0.15) is 19.3 Å². The van der Waals surface area contributed by atoms with E-state index in [1.54, 1.807) is 16.2 Å². The van der Waals surface area contributed by atoms with E-state index in [0.717, 1.165) is 41.3 Å². The molecule has 32 heavy (non-hydrogen) atoms. The molecule has 3 aromatic rings. The van der Waals surface area contributed by atoms with Crippen LogP contribution in [0.2, 0.25) is 0 Å². The molecular weight excluding hydrogens is 420 g/mol. The molecule has 166 valence electrons. The standard InChI is InChI=1S/C24H28N6OS/c31-24-26-10-14-30(24)13-9-25-23-27-17-20(22(28-23)21-8-5-15-32-21)18-6-4-7-19(16-18)29-11-2-1-3-12-29/h4-8,15-17H,1-3,9-14H2,(H,26,31)(H,25,27,28). The summed E-state index contributed by atoms with van der Waals surface area (Å²) >= 11 is 1.68. The number of aromatic nitrogens is 2. The van der Waals surface area contributed by atoms with Crippen LogP contribution in [0.25, 0.3) is 21.7 Å². The van der Waals surface area contributed by atoms with E-state index >= 15 is 0 Å². The van der Waals surface area contributed by atoms with Crippen molar-refractivity contribution in [3.63, 3.8) is 0 Å². The van der Waals surface area contributed by atoms with E-state index in [4.69, 9.17) is 4.98 Å². The fraction of sp³-hybridized carbons (Fsp3) is 0.375. The maximum atomic E-state index is 11.7. The van der Waals surface area contributed by atoms with Crippen molar-refractivity contribution in [3.8, 4) is 21.7 Å². The van der Waals surface area contributed by atoms with E-state index in [0.29, 0.717) is 25.6 Å². The Morgan fingerprint density at radius 1 is 1.09 bits per heavy atom. The molecule has 2 amide bonds. The first kappa shape index (κ1) is 20.8. The van der Waals surface area contributed by atoms with Crippen LogP contribution in [0.15, 0.2) is 48.0 Å². The van der Waals surface area contributed by atoms with Crippen LogP contribution >= 0.6 is 11.3 Å². The summed E-state index contributed by atoms with van der Waals surface area (Å²) in [6, 6.07) is 12.9. The maximum Gasteiger partial charge on any atom is 0.317 e. The molecule has 1 aromatic carbocycles. The summed E-state index contributed by atoms with van der Waals surface area (Å²) in [5, 5.41) is 8.19. The molecule has 7 nitrogen and oxygen atoms in total. The topological polar surface area (TPSA) is 73.4 Å². The minimum absolute atomic E-state index is 0.00377. The van der Waals surface area contributed by atoms with Gasteiger partial charge in [-0.05, 0) is 48.4 Å². The molecule has 2 aromatic heterocycles. The van der Waals surface area contributed by atoms with E-state index in [9.17, 15) is 4.79 Å². The highest BCUT2D eigenvalue weighted by molar-refractivity contribution is 7.13. The smallest absolute Gasteiger partial charge is 0.317 e. The summed E-state index contributed by atoms with van der Waals surface area (Å²) in [5.41, 5.74) is 4.38. The van der Waals surface area contributed by atoms with Gasteiger partial charge in [-0.3, -0.25) is 0 Å². The molecule has 2 aliphatic rings. The Hall–Kier alpha value is -3.13. The average Bonchev–Trinajstić information content (AvgIpc) is 3.52. The highest BCUT2D eigenvalue weighted by Crippen LogP contribution is 2.35. The van der Waals surface area contributed by atoms with Crippen molar-refractivity contribution in [1.82, 2.24) is 20.2 Å². The lowest BCUT2D eigenvalue weighted by molar-refractivity contribution is 0.219. The molecule has 8 heteroatoms. The van der Waals surface area contributed by atoms with Gasteiger partial charge < -0.3 is 20.4 Å². The van der Waals surface area contributed by atoms with Crippen LogP contribution in [0.5, 0.6) is 0 Å². The van der Waals surface area contributed by atoms with Gasteiger partial charge in [0.2, 0.25) is 5.95 Å². The SMILES string of the molecule is O=C1NCCN1CCNc1ncc(-c2cccc(N3CCCCC3)c2)c(-c2cccs2)n1. The van der Waals surface area contributed by atoms with E-state index in [-0.39, 0.29) is 6.03 Å². The summed E-state index contributed by atoms with van der Waals surface area (Å²) < 4.78 is 0. The summed E-state index contributed by atoms with van der Waals surface area (Å²) in [6.45, 7) is 4.94. The lowest BCUT2D eigenvalue weighted by Crippen LogP contribution is -2.32. The number of nitrogens with zero attached hydrogens (tertiary/aromatic N) is 4. The summed E-state index contributed by atoms with van der Waals surface area (Å²) in [5.74, 6) is 0.587. The second kappa shape index (κ2) is 9.56. The van der Waals surface area contributed by atoms with Gasteiger partial charge in [0.05, 0.1) is 10.6 Å². The van der Waals surface area contributed by atoms with E-state index in [1.807, 2.05) is 6.20 Å². The minimum Gasteiger partial charge on any atom is -0.372 e. The van der Waals surface area contributed by atoms with Crippen LogP contribution in [0, 0.1) is 0 Å². The molecule has 0 saturated carbocycles. The first-order chi connectivity index (χ1) is 15.8. The van der Waals surface area contributed by atoms with Crippen LogP contribution < -0.4 is 15.5 Å². The van der Waals surface area contributed by atoms with Crippen LogP contribution in [-0.2, 0) is 0 Å². The number of carbonyl (C=O) groups is 1. The largest absolute Gasteiger partial charge is 0.372 e. The molecule has 0 bridgehead atoms. The monoisotopic (exact) mass is 448 g/mol. The zero-order valence-electron chi connectivity index (χ0n) is 18.1. The first-order valence-electron chi connectivity index (χ1n) is 11.3. The predicted octanol–water partition coefficient (Wildman–Crippen LogP) is 4.30. The molecule has 0 spiro atoms.